The molecule has 94 valence electrons. The Hall–Kier alpha value is -2.30. The van der Waals surface area contributed by atoms with Crippen LogP contribution in [-0.2, 0) is 4.79 Å². The summed E-state index contributed by atoms with van der Waals surface area (Å²) in [7, 11) is 0. The molecule has 5 heteroatoms. The molecular weight excluding hydrogens is 232 g/mol. The molecule has 0 spiro atoms. The lowest BCUT2D eigenvalue weighted by Crippen LogP contribution is -2.22. The fraction of sp³-hybridized carbons (Fsp3) is 0.231. The van der Waals surface area contributed by atoms with Crippen molar-refractivity contribution >= 4 is 18.0 Å². The lowest BCUT2D eigenvalue weighted by atomic mass is 10.2. The maximum atomic E-state index is 11.3. The molecule has 2 N–H and O–H groups in total. The van der Waals surface area contributed by atoms with Gasteiger partial charge in [-0.25, -0.2) is 4.79 Å². The summed E-state index contributed by atoms with van der Waals surface area (Å²) in [5.41, 5.74) is 1.07. The summed E-state index contributed by atoms with van der Waals surface area (Å²) in [4.78, 5) is 22.2. The molecular formula is C13H14N2O3. The summed E-state index contributed by atoms with van der Waals surface area (Å²) in [5, 5.41) is 4.57. The van der Waals surface area contributed by atoms with E-state index in [1.165, 1.54) is 0 Å². The average molecular weight is 246 g/mol. The molecule has 18 heavy (non-hydrogen) atoms. The SMILES string of the molecule is CC(C)Oc1ccc(/C=C2/NC(=O)NC2=O)cc1. The van der Waals surface area contributed by atoms with E-state index in [2.05, 4.69) is 10.6 Å². The summed E-state index contributed by atoms with van der Waals surface area (Å²) in [6.07, 6.45) is 1.73. The quantitative estimate of drug-likeness (QED) is 0.629. The Bertz CT molecular complexity index is 503. The predicted octanol–water partition coefficient (Wildman–Crippen LogP) is 1.65. The maximum Gasteiger partial charge on any atom is 0.326 e. The van der Waals surface area contributed by atoms with Crippen LogP contribution in [0.25, 0.3) is 6.08 Å². The molecule has 0 atom stereocenters. The molecule has 2 rings (SSSR count). The van der Waals surface area contributed by atoms with Crippen molar-refractivity contribution in [1.29, 1.82) is 0 Å². The zero-order valence-corrected chi connectivity index (χ0v) is 10.2. The van der Waals surface area contributed by atoms with E-state index in [0.29, 0.717) is 0 Å². The lowest BCUT2D eigenvalue weighted by Gasteiger charge is -2.09. The minimum Gasteiger partial charge on any atom is -0.491 e. The molecule has 0 radical (unpaired) electrons. The molecule has 1 saturated heterocycles. The topological polar surface area (TPSA) is 67.4 Å². The Morgan fingerprint density at radius 2 is 1.78 bits per heavy atom. The zero-order valence-electron chi connectivity index (χ0n) is 10.2. The number of carbonyl (C=O) groups is 2. The summed E-state index contributed by atoms with van der Waals surface area (Å²) in [5.74, 6) is 0.356. The maximum absolute atomic E-state index is 11.3. The zero-order chi connectivity index (χ0) is 13.1. The second-order valence-corrected chi connectivity index (χ2v) is 4.20. The van der Waals surface area contributed by atoms with E-state index in [0.717, 1.165) is 11.3 Å². The van der Waals surface area contributed by atoms with Gasteiger partial charge in [-0.05, 0) is 37.6 Å². The van der Waals surface area contributed by atoms with Gasteiger partial charge < -0.3 is 10.1 Å². The highest BCUT2D eigenvalue weighted by atomic mass is 16.5. The highest BCUT2D eigenvalue weighted by molar-refractivity contribution is 6.13. The molecule has 1 heterocycles. The molecule has 1 aromatic carbocycles. The van der Waals surface area contributed by atoms with Gasteiger partial charge in [0.25, 0.3) is 5.91 Å². The van der Waals surface area contributed by atoms with Crippen molar-refractivity contribution in [3.8, 4) is 5.75 Å². The third-order valence-corrected chi connectivity index (χ3v) is 2.28. The van der Waals surface area contributed by atoms with Crippen molar-refractivity contribution in [2.75, 3.05) is 0 Å². The molecule has 1 aliphatic heterocycles. The molecule has 1 aliphatic rings. The van der Waals surface area contributed by atoms with E-state index in [4.69, 9.17) is 4.74 Å². The van der Waals surface area contributed by atoms with Gasteiger partial charge in [0.1, 0.15) is 11.4 Å². The third-order valence-electron chi connectivity index (χ3n) is 2.28. The second kappa shape index (κ2) is 4.91. The Morgan fingerprint density at radius 3 is 2.28 bits per heavy atom. The second-order valence-electron chi connectivity index (χ2n) is 4.20. The molecule has 3 amide bonds. The highest BCUT2D eigenvalue weighted by Gasteiger charge is 2.22. The third kappa shape index (κ3) is 2.88. The fourth-order valence-corrected chi connectivity index (χ4v) is 1.56. The molecule has 0 saturated carbocycles. The number of amides is 3. The number of benzene rings is 1. The molecule has 5 nitrogen and oxygen atoms in total. The number of imide groups is 1. The van der Waals surface area contributed by atoms with Crippen molar-refractivity contribution in [1.82, 2.24) is 10.6 Å². The van der Waals surface area contributed by atoms with Gasteiger partial charge in [0.15, 0.2) is 0 Å². The van der Waals surface area contributed by atoms with Crippen LogP contribution in [-0.4, -0.2) is 18.0 Å². The number of hydrogen-bond acceptors (Lipinski definition) is 3. The van der Waals surface area contributed by atoms with E-state index < -0.39 is 11.9 Å². The van der Waals surface area contributed by atoms with Crippen LogP contribution < -0.4 is 15.4 Å². The van der Waals surface area contributed by atoms with Gasteiger partial charge in [-0.2, -0.15) is 0 Å². The Balaban J connectivity index is 2.13. The van der Waals surface area contributed by atoms with Crippen LogP contribution in [0.1, 0.15) is 19.4 Å². The van der Waals surface area contributed by atoms with Crippen LogP contribution in [0.15, 0.2) is 30.0 Å². The number of nitrogens with one attached hydrogen (secondary N) is 2. The van der Waals surface area contributed by atoms with Gasteiger partial charge in [-0.1, -0.05) is 12.1 Å². The van der Waals surface area contributed by atoms with Gasteiger partial charge in [0, 0.05) is 0 Å². The summed E-state index contributed by atoms with van der Waals surface area (Å²) < 4.78 is 5.51. The van der Waals surface area contributed by atoms with E-state index in [1.54, 1.807) is 6.08 Å². The van der Waals surface area contributed by atoms with Crippen LogP contribution in [0.4, 0.5) is 4.79 Å². The molecule has 0 aliphatic carbocycles. The van der Waals surface area contributed by atoms with E-state index >= 15 is 0 Å². The van der Waals surface area contributed by atoms with E-state index in [-0.39, 0.29) is 11.8 Å². The fourth-order valence-electron chi connectivity index (χ4n) is 1.56. The van der Waals surface area contributed by atoms with Gasteiger partial charge in [0.2, 0.25) is 0 Å². The largest absolute Gasteiger partial charge is 0.491 e. The van der Waals surface area contributed by atoms with E-state index in [9.17, 15) is 9.59 Å². The van der Waals surface area contributed by atoms with Crippen molar-refractivity contribution in [2.45, 2.75) is 20.0 Å². The smallest absolute Gasteiger partial charge is 0.326 e. The number of ether oxygens (including phenoxy) is 1. The summed E-state index contributed by atoms with van der Waals surface area (Å²) in [6.45, 7) is 3.91. The molecule has 0 bridgehead atoms. The van der Waals surface area contributed by atoms with Gasteiger partial charge in [-0.15, -0.1) is 0 Å². The first-order chi connectivity index (χ1) is 8.54. The first-order valence-electron chi connectivity index (χ1n) is 5.65. The normalized spacial score (nSPS) is 16.9. The number of urea groups is 1. The van der Waals surface area contributed by atoms with Gasteiger partial charge in [-0.3, -0.25) is 10.1 Å². The lowest BCUT2D eigenvalue weighted by molar-refractivity contribution is -0.115. The van der Waals surface area contributed by atoms with Crippen LogP contribution in [0.3, 0.4) is 0 Å². The highest BCUT2D eigenvalue weighted by Crippen LogP contribution is 2.16. The first-order valence-corrected chi connectivity index (χ1v) is 5.65. The van der Waals surface area contributed by atoms with Gasteiger partial charge in [0.05, 0.1) is 6.10 Å². The predicted molar refractivity (Wildman–Crippen MR) is 66.9 cm³/mol. The van der Waals surface area contributed by atoms with Crippen molar-refractivity contribution in [3.63, 3.8) is 0 Å². The van der Waals surface area contributed by atoms with E-state index in [1.807, 2.05) is 38.1 Å². The number of carbonyl (C=O) groups excluding carboxylic acids is 2. The minimum atomic E-state index is -0.494. The van der Waals surface area contributed by atoms with Crippen molar-refractivity contribution in [3.05, 3.63) is 35.5 Å². The average Bonchev–Trinajstić information content (AvgIpc) is 2.59. The van der Waals surface area contributed by atoms with Crippen LogP contribution in [0.5, 0.6) is 5.75 Å². The Morgan fingerprint density at radius 1 is 1.11 bits per heavy atom. The van der Waals surface area contributed by atoms with Crippen LogP contribution >= 0.6 is 0 Å². The Labute approximate surface area is 105 Å². The van der Waals surface area contributed by atoms with Crippen molar-refractivity contribution in [2.24, 2.45) is 0 Å². The molecule has 1 fully saturated rings. The Kier molecular flexibility index (Phi) is 3.32. The number of rotatable bonds is 3. The van der Waals surface area contributed by atoms with Crippen LogP contribution in [0, 0.1) is 0 Å². The first kappa shape index (κ1) is 12.2. The van der Waals surface area contributed by atoms with Gasteiger partial charge >= 0.3 is 6.03 Å². The number of hydrogen-bond donors (Lipinski definition) is 2. The van der Waals surface area contributed by atoms with Crippen LogP contribution in [0.2, 0.25) is 0 Å². The minimum absolute atomic E-state index is 0.120. The molecule has 1 aromatic rings. The summed E-state index contributed by atoms with van der Waals surface area (Å²) >= 11 is 0. The molecule has 0 unspecified atom stereocenters. The summed E-state index contributed by atoms with van der Waals surface area (Å²) in [6, 6.07) is 6.79. The standard InChI is InChI=1S/C13H14N2O3/c1-8(2)18-10-5-3-9(4-6-10)7-11-12(16)15-13(17)14-11/h3-8H,1-2H3,(H2,14,15,16,17)/b11-7+. The monoisotopic (exact) mass is 246 g/mol. The molecule has 0 aromatic heterocycles. The van der Waals surface area contributed by atoms with Crippen molar-refractivity contribution < 1.29 is 14.3 Å².